The van der Waals surface area contributed by atoms with E-state index in [9.17, 15) is 24.3 Å². The zero-order valence-corrected chi connectivity index (χ0v) is 26.9. The summed E-state index contributed by atoms with van der Waals surface area (Å²) in [6.45, 7) is 4.03. The highest BCUT2D eigenvalue weighted by Gasteiger charge is 2.74. The van der Waals surface area contributed by atoms with Crippen LogP contribution in [0.1, 0.15) is 76.8 Å². The number of hydrogen-bond donors (Lipinski definition) is 2. The molecule has 1 aromatic carbocycles. The molecule has 4 aliphatic heterocycles. The molecule has 10 nitrogen and oxygen atoms in total. The van der Waals surface area contributed by atoms with Crippen LogP contribution in [0, 0.1) is 17.8 Å². The molecule has 0 unspecified atom stereocenters. The third-order valence-corrected chi connectivity index (χ3v) is 10.4. The fourth-order valence-corrected chi connectivity index (χ4v) is 8.30. The highest BCUT2D eigenvalue weighted by atomic mass is 16.5. The molecule has 5 aliphatic rings. The van der Waals surface area contributed by atoms with Crippen molar-refractivity contribution in [3.8, 4) is 0 Å². The Morgan fingerprint density at radius 3 is 2.50 bits per heavy atom. The minimum Gasteiger partial charge on any atom is -0.463 e. The number of fused-ring (bicyclic) bond motifs is 2. The average Bonchev–Trinajstić information content (AvgIpc) is 3.71. The minimum atomic E-state index is -1.33. The summed E-state index contributed by atoms with van der Waals surface area (Å²) in [7, 11) is 0. The second-order valence-electron chi connectivity index (χ2n) is 13.9. The standard InChI is InChI=1S/C36H47N3O7/c1-23(2)20-26(21-40)39-32-35(44)38(25-14-8-4-9-15-25)19-11-5-10-16-29(41)45-22-27(24-12-6-3-7-13-24)37-33(42)30-28-17-18-36(32,46-28)31(30)34(39)43/h3,5-7,11-13,17-18,23,25-28,30-32,40H,4,8-10,14-16,19-22H2,1-2H3,(H,37,42)/b11-5-/t26-,27-,28-,30+,31+,32-,36+/m1/s1. The van der Waals surface area contributed by atoms with Crippen molar-refractivity contribution in [3.63, 3.8) is 0 Å². The van der Waals surface area contributed by atoms with Gasteiger partial charge in [-0.25, -0.2) is 0 Å². The van der Waals surface area contributed by atoms with Crippen molar-refractivity contribution in [1.82, 2.24) is 15.1 Å². The van der Waals surface area contributed by atoms with Crippen LogP contribution in [0.2, 0.25) is 0 Å². The number of likely N-dealkylation sites (tertiary alicyclic amines) is 1. The fraction of sp³-hybridized carbons (Fsp3) is 0.611. The Kier molecular flexibility index (Phi) is 9.66. The van der Waals surface area contributed by atoms with Gasteiger partial charge in [-0.05, 0) is 37.2 Å². The van der Waals surface area contributed by atoms with Crippen molar-refractivity contribution < 1.29 is 33.8 Å². The number of aliphatic hydroxyl groups excluding tert-OH is 1. The number of allylic oxidation sites excluding steroid dienone is 1. The predicted molar refractivity (Wildman–Crippen MR) is 170 cm³/mol. The summed E-state index contributed by atoms with van der Waals surface area (Å²) < 4.78 is 12.3. The summed E-state index contributed by atoms with van der Waals surface area (Å²) in [5, 5.41) is 13.7. The summed E-state index contributed by atoms with van der Waals surface area (Å²) in [6, 6.07) is 7.03. The van der Waals surface area contributed by atoms with Crippen molar-refractivity contribution >= 4 is 23.7 Å². The van der Waals surface area contributed by atoms with Gasteiger partial charge in [-0.1, -0.05) is 87.7 Å². The third-order valence-electron chi connectivity index (χ3n) is 10.4. The van der Waals surface area contributed by atoms with Gasteiger partial charge >= 0.3 is 5.97 Å². The molecule has 5 bridgehead atoms. The minimum absolute atomic E-state index is 0.00339. The molecule has 2 N–H and O–H groups in total. The first-order valence-electron chi connectivity index (χ1n) is 17.0. The van der Waals surface area contributed by atoms with Crippen LogP contribution in [0.5, 0.6) is 0 Å². The number of hydrogen-bond acceptors (Lipinski definition) is 7. The average molecular weight is 634 g/mol. The lowest BCUT2D eigenvalue weighted by Gasteiger charge is -2.42. The molecule has 7 atom stereocenters. The lowest BCUT2D eigenvalue weighted by atomic mass is 9.74. The molecule has 1 saturated carbocycles. The van der Waals surface area contributed by atoms with Gasteiger partial charge in [-0.2, -0.15) is 0 Å². The lowest BCUT2D eigenvalue weighted by molar-refractivity contribution is -0.152. The van der Waals surface area contributed by atoms with Crippen LogP contribution in [-0.4, -0.2) is 88.2 Å². The van der Waals surface area contributed by atoms with Crippen LogP contribution in [0.3, 0.4) is 0 Å². The van der Waals surface area contributed by atoms with E-state index in [0.29, 0.717) is 19.4 Å². The second kappa shape index (κ2) is 13.7. The molecule has 6 rings (SSSR count). The Hall–Kier alpha value is -3.50. The van der Waals surface area contributed by atoms with Gasteiger partial charge in [-0.15, -0.1) is 0 Å². The van der Waals surface area contributed by atoms with Gasteiger partial charge < -0.3 is 29.7 Å². The SMILES string of the molecule is CC(C)C[C@H](CO)N1C(=O)[C@@H]2[C@H]3C(=O)N[C@@H](c4ccccc4)COC(=O)CC/C=C\CN(C4CCCCC4)C(=O)[C@@H]1[C@]21C=C[C@H]3O1. The molecule has 1 aliphatic carbocycles. The van der Waals surface area contributed by atoms with E-state index in [2.05, 4.69) is 5.32 Å². The van der Waals surface area contributed by atoms with Crippen LogP contribution >= 0.6 is 0 Å². The van der Waals surface area contributed by atoms with Gasteiger partial charge in [0.2, 0.25) is 17.7 Å². The maximum Gasteiger partial charge on any atom is 0.306 e. The molecule has 46 heavy (non-hydrogen) atoms. The molecule has 0 aromatic heterocycles. The van der Waals surface area contributed by atoms with E-state index in [0.717, 1.165) is 37.7 Å². The smallest absolute Gasteiger partial charge is 0.306 e. The predicted octanol–water partition coefficient (Wildman–Crippen LogP) is 3.46. The van der Waals surface area contributed by atoms with E-state index in [4.69, 9.17) is 9.47 Å². The number of aliphatic hydroxyl groups is 1. The zero-order valence-electron chi connectivity index (χ0n) is 26.9. The number of nitrogens with zero attached hydrogens (tertiary/aromatic N) is 2. The Morgan fingerprint density at radius 2 is 1.78 bits per heavy atom. The molecule has 3 amide bonds. The molecule has 248 valence electrons. The molecule has 4 heterocycles. The van der Waals surface area contributed by atoms with Crippen LogP contribution in [0.15, 0.2) is 54.6 Å². The van der Waals surface area contributed by atoms with E-state index < -0.39 is 47.6 Å². The maximum absolute atomic E-state index is 15.0. The number of carbonyl (C=O) groups excluding carboxylic acids is 4. The number of rotatable bonds is 6. The Balaban J connectivity index is 1.43. The number of ether oxygens (including phenoxy) is 2. The maximum atomic E-state index is 15.0. The van der Waals surface area contributed by atoms with Crippen LogP contribution < -0.4 is 5.32 Å². The number of benzene rings is 1. The van der Waals surface area contributed by atoms with Gasteiger partial charge in [0.05, 0.1) is 36.6 Å². The Bertz CT molecular complexity index is 1360. The summed E-state index contributed by atoms with van der Waals surface area (Å²) >= 11 is 0. The number of nitrogens with one attached hydrogen (secondary N) is 1. The van der Waals surface area contributed by atoms with Crippen molar-refractivity contribution in [1.29, 1.82) is 0 Å². The topological polar surface area (TPSA) is 125 Å². The quantitative estimate of drug-likeness (QED) is 0.363. The molecule has 0 radical (unpaired) electrons. The van der Waals surface area contributed by atoms with Crippen molar-refractivity contribution in [2.75, 3.05) is 19.8 Å². The zero-order chi connectivity index (χ0) is 32.4. The van der Waals surface area contributed by atoms with E-state index in [1.165, 1.54) is 0 Å². The summed E-state index contributed by atoms with van der Waals surface area (Å²) in [6.07, 6.45) is 12.8. The molecule has 1 aromatic rings. The number of esters is 1. The van der Waals surface area contributed by atoms with Crippen molar-refractivity contribution in [2.24, 2.45) is 17.8 Å². The Morgan fingerprint density at radius 1 is 1.02 bits per heavy atom. The van der Waals surface area contributed by atoms with Crippen molar-refractivity contribution in [2.45, 2.75) is 101 Å². The molecular weight excluding hydrogens is 586 g/mol. The first kappa shape index (κ1) is 32.4. The monoisotopic (exact) mass is 633 g/mol. The molecule has 3 fully saturated rings. The van der Waals surface area contributed by atoms with E-state index in [-0.39, 0.29) is 49.4 Å². The second-order valence-corrected chi connectivity index (χ2v) is 13.9. The normalized spacial score (nSPS) is 33.7. The van der Waals surface area contributed by atoms with Crippen LogP contribution in [-0.2, 0) is 28.7 Å². The van der Waals surface area contributed by atoms with Gasteiger partial charge in [-0.3, -0.25) is 19.2 Å². The highest BCUT2D eigenvalue weighted by Crippen LogP contribution is 2.56. The van der Waals surface area contributed by atoms with Crippen molar-refractivity contribution in [3.05, 3.63) is 60.2 Å². The summed E-state index contributed by atoms with van der Waals surface area (Å²) in [4.78, 5) is 60.0. The van der Waals surface area contributed by atoms with Gasteiger partial charge in [0.1, 0.15) is 18.2 Å². The van der Waals surface area contributed by atoms with Gasteiger partial charge in [0.15, 0.2) is 0 Å². The van der Waals surface area contributed by atoms with E-state index >= 15 is 0 Å². The largest absolute Gasteiger partial charge is 0.463 e. The third kappa shape index (κ3) is 6.01. The highest BCUT2D eigenvalue weighted by molar-refractivity contribution is 6.00. The lowest BCUT2D eigenvalue weighted by Crippen LogP contribution is -2.60. The van der Waals surface area contributed by atoms with Crippen LogP contribution in [0.4, 0.5) is 0 Å². The molecular formula is C36H47N3O7. The Labute approximate surface area is 271 Å². The molecule has 10 heteroatoms. The summed E-state index contributed by atoms with van der Waals surface area (Å²) in [5.74, 6) is -3.00. The molecule has 2 saturated heterocycles. The van der Waals surface area contributed by atoms with Gasteiger partial charge in [0, 0.05) is 19.0 Å². The van der Waals surface area contributed by atoms with Gasteiger partial charge in [0.25, 0.3) is 0 Å². The van der Waals surface area contributed by atoms with E-state index in [1.54, 1.807) is 4.90 Å². The fourth-order valence-electron chi connectivity index (χ4n) is 8.30. The first-order valence-corrected chi connectivity index (χ1v) is 17.0. The number of cyclic esters (lactones) is 1. The van der Waals surface area contributed by atoms with E-state index in [1.807, 2.05) is 73.4 Å². The number of carbonyl (C=O) groups is 4. The first-order chi connectivity index (χ1) is 22.2. The molecule has 1 spiro atoms. The van der Waals surface area contributed by atoms with Crippen LogP contribution in [0.25, 0.3) is 0 Å². The number of amides is 3. The summed E-state index contributed by atoms with van der Waals surface area (Å²) in [5.41, 5.74) is -0.562.